The first kappa shape index (κ1) is 18.5. The van der Waals surface area contributed by atoms with E-state index in [9.17, 15) is 13.2 Å². The molecule has 0 fully saturated rings. The molecule has 0 spiro atoms. The maximum absolute atomic E-state index is 13.5. The number of benzene rings is 1. The van der Waals surface area contributed by atoms with Gasteiger partial charge in [-0.15, -0.1) is 0 Å². The van der Waals surface area contributed by atoms with E-state index in [4.69, 9.17) is 16.3 Å². The number of alkyl halides is 3. The molecule has 1 aliphatic heterocycles. The molecule has 0 amide bonds. The molecular weight excluding hydrogens is 393 g/mol. The third-order valence-corrected chi connectivity index (χ3v) is 4.59. The Morgan fingerprint density at radius 1 is 1.25 bits per heavy atom. The van der Waals surface area contributed by atoms with Gasteiger partial charge in [0, 0.05) is 5.39 Å². The van der Waals surface area contributed by atoms with E-state index in [2.05, 4.69) is 20.3 Å². The molecule has 3 aromatic rings. The minimum absolute atomic E-state index is 0.0198. The predicted octanol–water partition coefficient (Wildman–Crippen LogP) is 5.28. The SMILES string of the molecule is CC1Nc2nc(nc3cnc(Cl)cc23)OCC=Cc2c1cccc2C(F)(F)F. The maximum atomic E-state index is 13.5. The van der Waals surface area contributed by atoms with Gasteiger partial charge in [-0.05, 0) is 36.3 Å². The smallest absolute Gasteiger partial charge is 0.416 e. The van der Waals surface area contributed by atoms with Crippen LogP contribution in [0.2, 0.25) is 5.15 Å². The fourth-order valence-electron chi connectivity index (χ4n) is 3.13. The molecule has 0 aliphatic carbocycles. The first-order valence-electron chi connectivity index (χ1n) is 8.42. The summed E-state index contributed by atoms with van der Waals surface area (Å²) in [5.41, 5.74) is 0.382. The summed E-state index contributed by atoms with van der Waals surface area (Å²) < 4.78 is 46.0. The summed E-state index contributed by atoms with van der Waals surface area (Å²) in [7, 11) is 0. The first-order chi connectivity index (χ1) is 13.3. The van der Waals surface area contributed by atoms with Crippen LogP contribution in [-0.2, 0) is 6.18 Å². The van der Waals surface area contributed by atoms with E-state index >= 15 is 0 Å². The Kier molecular flexibility index (Phi) is 4.58. The summed E-state index contributed by atoms with van der Waals surface area (Å²) in [6.45, 7) is 1.79. The van der Waals surface area contributed by atoms with Crippen LogP contribution >= 0.6 is 11.6 Å². The Bertz CT molecular complexity index is 1080. The fourth-order valence-corrected chi connectivity index (χ4v) is 3.28. The van der Waals surface area contributed by atoms with Crippen molar-refractivity contribution in [3.8, 4) is 6.01 Å². The van der Waals surface area contributed by atoms with E-state index in [1.165, 1.54) is 24.4 Å². The van der Waals surface area contributed by atoms with Gasteiger partial charge in [0.15, 0.2) is 0 Å². The number of hydrogen-bond acceptors (Lipinski definition) is 5. The second-order valence-electron chi connectivity index (χ2n) is 6.26. The fraction of sp³-hybridized carbons (Fsp3) is 0.211. The number of anilines is 1. The Balaban J connectivity index is 1.89. The van der Waals surface area contributed by atoms with E-state index in [0.717, 1.165) is 6.07 Å². The molecule has 1 atom stereocenters. The molecule has 0 radical (unpaired) electrons. The molecule has 5 nitrogen and oxygen atoms in total. The third kappa shape index (κ3) is 3.47. The average Bonchev–Trinajstić information content (AvgIpc) is 2.66. The zero-order valence-corrected chi connectivity index (χ0v) is 15.3. The lowest BCUT2D eigenvalue weighted by molar-refractivity contribution is -0.137. The Morgan fingerprint density at radius 3 is 2.86 bits per heavy atom. The molecule has 1 aliphatic rings. The molecular formula is C19H14ClF3N4O. The zero-order chi connectivity index (χ0) is 19.9. The monoisotopic (exact) mass is 406 g/mol. The number of fused-ring (bicyclic) bond motifs is 5. The summed E-state index contributed by atoms with van der Waals surface area (Å²) in [6, 6.07) is 5.34. The third-order valence-electron chi connectivity index (χ3n) is 4.39. The van der Waals surface area contributed by atoms with Crippen LogP contribution in [0.4, 0.5) is 19.0 Å². The summed E-state index contributed by atoms with van der Waals surface area (Å²) in [5, 5.41) is 4.02. The topological polar surface area (TPSA) is 59.9 Å². The molecule has 1 N–H and O–H groups in total. The Hall–Kier alpha value is -2.87. The zero-order valence-electron chi connectivity index (χ0n) is 14.6. The van der Waals surface area contributed by atoms with Gasteiger partial charge in [-0.1, -0.05) is 29.8 Å². The lowest BCUT2D eigenvalue weighted by Gasteiger charge is -2.21. The van der Waals surface area contributed by atoms with Crippen LogP contribution in [0.3, 0.4) is 0 Å². The first-order valence-corrected chi connectivity index (χ1v) is 8.80. The van der Waals surface area contributed by atoms with E-state index in [-0.39, 0.29) is 23.3 Å². The molecule has 28 heavy (non-hydrogen) atoms. The van der Waals surface area contributed by atoms with Gasteiger partial charge in [-0.25, -0.2) is 4.98 Å². The van der Waals surface area contributed by atoms with Crippen molar-refractivity contribution in [1.29, 1.82) is 0 Å². The number of pyridine rings is 1. The van der Waals surface area contributed by atoms with Crippen molar-refractivity contribution in [3.63, 3.8) is 0 Å². The van der Waals surface area contributed by atoms with Gasteiger partial charge >= 0.3 is 12.2 Å². The van der Waals surface area contributed by atoms with Gasteiger partial charge in [0.2, 0.25) is 0 Å². The van der Waals surface area contributed by atoms with Gasteiger partial charge < -0.3 is 10.1 Å². The number of hydrogen-bond donors (Lipinski definition) is 1. The highest BCUT2D eigenvalue weighted by atomic mass is 35.5. The molecule has 0 saturated carbocycles. The summed E-state index contributed by atoms with van der Waals surface area (Å²) in [5.74, 6) is 0.405. The number of ether oxygens (including phenoxy) is 1. The van der Waals surface area contributed by atoms with E-state index in [0.29, 0.717) is 22.3 Å². The highest BCUT2D eigenvalue weighted by Gasteiger charge is 2.34. The second kappa shape index (κ2) is 6.94. The van der Waals surface area contributed by atoms with Crippen LogP contribution in [0.1, 0.15) is 29.7 Å². The largest absolute Gasteiger partial charge is 0.459 e. The number of halogens is 4. The summed E-state index contributed by atoms with van der Waals surface area (Å²) >= 11 is 5.99. The van der Waals surface area contributed by atoms with Crippen LogP contribution in [0, 0.1) is 0 Å². The summed E-state index contributed by atoms with van der Waals surface area (Å²) in [6.07, 6.45) is -0.0468. The van der Waals surface area contributed by atoms with Gasteiger partial charge in [0.1, 0.15) is 17.6 Å². The van der Waals surface area contributed by atoms with Crippen molar-refractivity contribution < 1.29 is 17.9 Å². The van der Waals surface area contributed by atoms with Crippen molar-refractivity contribution in [2.45, 2.75) is 19.1 Å². The number of nitrogens with zero attached hydrogens (tertiary/aromatic N) is 3. The molecule has 0 saturated heterocycles. The highest BCUT2D eigenvalue weighted by molar-refractivity contribution is 6.30. The molecule has 9 heteroatoms. The summed E-state index contributed by atoms with van der Waals surface area (Å²) in [4.78, 5) is 12.6. The predicted molar refractivity (Wildman–Crippen MR) is 100 cm³/mol. The second-order valence-corrected chi connectivity index (χ2v) is 6.65. The Labute approximate surface area is 163 Å². The van der Waals surface area contributed by atoms with Crippen molar-refractivity contribution in [3.05, 3.63) is 58.4 Å². The minimum atomic E-state index is -4.47. The van der Waals surface area contributed by atoms with Crippen LogP contribution in [-0.4, -0.2) is 21.6 Å². The van der Waals surface area contributed by atoms with Gasteiger partial charge in [-0.3, -0.25) is 0 Å². The van der Waals surface area contributed by atoms with Crippen LogP contribution in [0.5, 0.6) is 6.01 Å². The number of aromatic nitrogens is 3. The van der Waals surface area contributed by atoms with Crippen LogP contribution in [0.15, 0.2) is 36.5 Å². The van der Waals surface area contributed by atoms with Crippen molar-refractivity contribution >= 4 is 34.4 Å². The Morgan fingerprint density at radius 2 is 2.07 bits per heavy atom. The maximum Gasteiger partial charge on any atom is 0.416 e. The average molecular weight is 407 g/mol. The van der Waals surface area contributed by atoms with E-state index in [1.54, 1.807) is 19.1 Å². The lowest BCUT2D eigenvalue weighted by atomic mass is 9.95. The standard InChI is InChI=1S/C19H14ClF3N4O/c1-10-11-4-2-6-14(19(21,22)23)12(11)5-3-7-28-18-26-15-9-24-16(20)8-13(15)17(25-10)27-18/h2-6,8-10H,7H2,1H3,(H,25,26,27). The molecule has 2 aromatic heterocycles. The molecule has 1 aromatic carbocycles. The molecule has 1 unspecified atom stereocenters. The number of nitrogens with one attached hydrogen (secondary N) is 1. The van der Waals surface area contributed by atoms with Gasteiger partial charge in [0.25, 0.3) is 0 Å². The van der Waals surface area contributed by atoms with Gasteiger partial charge in [0.05, 0.1) is 23.3 Å². The normalized spacial score (nSPS) is 16.7. The van der Waals surface area contributed by atoms with E-state index < -0.39 is 17.8 Å². The van der Waals surface area contributed by atoms with Crippen molar-refractivity contribution in [2.75, 3.05) is 11.9 Å². The lowest BCUT2D eigenvalue weighted by Crippen LogP contribution is -2.14. The quantitative estimate of drug-likeness (QED) is 0.515. The molecule has 4 rings (SSSR count). The molecule has 144 valence electrons. The van der Waals surface area contributed by atoms with Gasteiger partial charge in [-0.2, -0.15) is 23.1 Å². The number of rotatable bonds is 0. The van der Waals surface area contributed by atoms with E-state index in [1.807, 2.05) is 0 Å². The minimum Gasteiger partial charge on any atom is -0.459 e. The van der Waals surface area contributed by atoms with Crippen molar-refractivity contribution in [2.24, 2.45) is 0 Å². The van der Waals surface area contributed by atoms with Crippen LogP contribution in [0.25, 0.3) is 17.0 Å². The van der Waals surface area contributed by atoms with Crippen LogP contribution < -0.4 is 10.1 Å². The van der Waals surface area contributed by atoms with Crippen molar-refractivity contribution in [1.82, 2.24) is 15.0 Å². The molecule has 3 heterocycles. The molecule has 2 bridgehead atoms. The highest BCUT2D eigenvalue weighted by Crippen LogP contribution is 2.37.